The largest absolute Gasteiger partial charge is 0.295 e. The van der Waals surface area contributed by atoms with Crippen molar-refractivity contribution in [2.45, 2.75) is 44.2 Å². The van der Waals surface area contributed by atoms with E-state index in [9.17, 15) is 14.4 Å². The average molecular weight is 402 g/mol. The van der Waals surface area contributed by atoms with Crippen molar-refractivity contribution < 1.29 is 14.4 Å². The third kappa shape index (κ3) is 5.16. The van der Waals surface area contributed by atoms with E-state index in [0.29, 0.717) is 16.4 Å². The van der Waals surface area contributed by atoms with Gasteiger partial charge < -0.3 is 0 Å². The molecule has 0 bridgehead atoms. The molecule has 1 fully saturated rings. The van der Waals surface area contributed by atoms with E-state index in [0.717, 1.165) is 37.4 Å². The Morgan fingerprint density at radius 3 is 2.50 bits per heavy atom. The molecular formula is C18H22N6O3S. The van der Waals surface area contributed by atoms with Gasteiger partial charge in [0.2, 0.25) is 17.0 Å². The highest BCUT2D eigenvalue weighted by Gasteiger charge is 2.21. The molecule has 1 aliphatic rings. The molecule has 2 N–H and O–H groups in total. The van der Waals surface area contributed by atoms with Gasteiger partial charge in [-0.15, -0.1) is 5.10 Å². The molecule has 0 saturated heterocycles. The maximum atomic E-state index is 12.1. The Kier molecular flexibility index (Phi) is 6.75. The molecule has 0 atom stereocenters. The molecule has 0 spiro atoms. The minimum absolute atomic E-state index is 0.0213. The fraction of sp³-hybridized carbons (Fsp3) is 0.444. The van der Waals surface area contributed by atoms with Crippen LogP contribution < -0.4 is 10.9 Å². The van der Waals surface area contributed by atoms with Crippen LogP contribution >= 0.6 is 11.8 Å². The topological polar surface area (TPSA) is 119 Å². The summed E-state index contributed by atoms with van der Waals surface area (Å²) < 4.78 is 1.49. The summed E-state index contributed by atoms with van der Waals surface area (Å²) in [6, 6.07) is 6.87. The predicted molar refractivity (Wildman–Crippen MR) is 103 cm³/mol. The monoisotopic (exact) mass is 402 g/mol. The number of amides is 2. The fourth-order valence-corrected chi connectivity index (χ4v) is 3.72. The van der Waals surface area contributed by atoms with Gasteiger partial charge in [0.1, 0.15) is 0 Å². The van der Waals surface area contributed by atoms with Crippen LogP contribution in [-0.4, -0.2) is 43.6 Å². The van der Waals surface area contributed by atoms with Crippen molar-refractivity contribution in [3.63, 3.8) is 0 Å². The number of nitrogens with zero attached hydrogens (tertiary/aromatic N) is 4. The lowest BCUT2D eigenvalue weighted by Crippen LogP contribution is -2.45. The first-order valence-corrected chi connectivity index (χ1v) is 10.1. The second-order valence-corrected chi connectivity index (χ2v) is 7.58. The van der Waals surface area contributed by atoms with Crippen molar-refractivity contribution in [3.8, 4) is 5.69 Å². The van der Waals surface area contributed by atoms with E-state index in [-0.39, 0.29) is 29.3 Å². The Hall–Kier alpha value is -2.75. The Bertz CT molecular complexity index is 845. The molecular weight excluding hydrogens is 380 g/mol. The summed E-state index contributed by atoms with van der Waals surface area (Å²) in [4.78, 5) is 35.5. The van der Waals surface area contributed by atoms with E-state index in [1.54, 1.807) is 24.3 Å². The molecule has 148 valence electrons. The molecule has 9 nitrogen and oxygen atoms in total. The van der Waals surface area contributed by atoms with Gasteiger partial charge in [-0.25, -0.2) is 0 Å². The van der Waals surface area contributed by atoms with E-state index in [4.69, 9.17) is 0 Å². The van der Waals surface area contributed by atoms with E-state index in [2.05, 4.69) is 26.4 Å². The highest BCUT2D eigenvalue weighted by atomic mass is 32.2. The number of thioether (sulfide) groups is 1. The summed E-state index contributed by atoms with van der Waals surface area (Å²) in [5.41, 5.74) is 6.23. The first kappa shape index (κ1) is 20.0. The van der Waals surface area contributed by atoms with Crippen LogP contribution in [0.25, 0.3) is 5.69 Å². The number of tetrazole rings is 1. The summed E-state index contributed by atoms with van der Waals surface area (Å²) in [7, 11) is 0. The summed E-state index contributed by atoms with van der Waals surface area (Å²) in [6.45, 7) is 1.50. The standard InChI is InChI=1S/C18H22N6O3S/c1-12(25)13-7-9-15(10-8-13)24-18(21-22-23-24)28-11-16(26)19-20-17(27)14-5-3-2-4-6-14/h7-10,14H,2-6,11H2,1H3,(H,19,26)(H,20,27). The van der Waals surface area contributed by atoms with Crippen molar-refractivity contribution in [2.24, 2.45) is 5.92 Å². The number of carbonyl (C=O) groups excluding carboxylic acids is 3. The van der Waals surface area contributed by atoms with Crippen LogP contribution in [-0.2, 0) is 9.59 Å². The lowest BCUT2D eigenvalue weighted by atomic mass is 9.89. The second-order valence-electron chi connectivity index (χ2n) is 6.64. The van der Waals surface area contributed by atoms with Crippen LogP contribution in [0.5, 0.6) is 0 Å². The van der Waals surface area contributed by atoms with E-state index < -0.39 is 0 Å². The summed E-state index contributed by atoms with van der Waals surface area (Å²) in [5.74, 6) is -0.461. The molecule has 1 aromatic carbocycles. The smallest absolute Gasteiger partial charge is 0.248 e. The second kappa shape index (κ2) is 9.45. The number of rotatable bonds is 6. The van der Waals surface area contributed by atoms with E-state index in [1.165, 1.54) is 18.0 Å². The Morgan fingerprint density at radius 1 is 1.11 bits per heavy atom. The average Bonchev–Trinajstić information content (AvgIpc) is 3.19. The van der Waals surface area contributed by atoms with Gasteiger partial charge in [-0.05, 0) is 54.5 Å². The molecule has 1 saturated carbocycles. The number of hydrogen-bond acceptors (Lipinski definition) is 7. The third-order valence-corrected chi connectivity index (χ3v) is 5.51. The summed E-state index contributed by atoms with van der Waals surface area (Å²) in [6.07, 6.45) is 5.01. The number of aromatic nitrogens is 4. The van der Waals surface area contributed by atoms with Crippen LogP contribution in [0.2, 0.25) is 0 Å². The summed E-state index contributed by atoms with van der Waals surface area (Å²) >= 11 is 1.15. The number of Topliss-reactive ketones (excluding diaryl/α,β-unsaturated/α-hetero) is 1. The van der Waals surface area contributed by atoms with Gasteiger partial charge in [-0.1, -0.05) is 31.0 Å². The fourth-order valence-electron chi connectivity index (χ4n) is 3.03. The van der Waals surface area contributed by atoms with Crippen LogP contribution in [0.1, 0.15) is 49.4 Å². The molecule has 28 heavy (non-hydrogen) atoms. The summed E-state index contributed by atoms with van der Waals surface area (Å²) in [5, 5.41) is 11.9. The highest BCUT2D eigenvalue weighted by molar-refractivity contribution is 7.99. The van der Waals surface area contributed by atoms with Crippen molar-refractivity contribution in [1.82, 2.24) is 31.1 Å². The molecule has 0 aliphatic heterocycles. The van der Waals surface area contributed by atoms with Gasteiger partial charge in [-0.3, -0.25) is 25.2 Å². The van der Waals surface area contributed by atoms with Crippen LogP contribution in [0.4, 0.5) is 0 Å². The van der Waals surface area contributed by atoms with E-state index in [1.807, 2.05) is 0 Å². The third-order valence-electron chi connectivity index (χ3n) is 4.59. The zero-order chi connectivity index (χ0) is 19.9. The SMILES string of the molecule is CC(=O)c1ccc(-n2nnnc2SCC(=O)NNC(=O)C2CCCCC2)cc1. The number of ketones is 1. The number of carbonyl (C=O) groups is 3. The molecule has 2 aromatic rings. The number of hydrogen-bond donors (Lipinski definition) is 2. The van der Waals surface area contributed by atoms with Crippen molar-refractivity contribution in [2.75, 3.05) is 5.75 Å². The minimum Gasteiger partial charge on any atom is -0.295 e. The lowest BCUT2D eigenvalue weighted by Gasteiger charge is -2.20. The van der Waals surface area contributed by atoms with Gasteiger partial charge in [0.25, 0.3) is 0 Å². The van der Waals surface area contributed by atoms with Gasteiger partial charge in [0.15, 0.2) is 5.78 Å². The van der Waals surface area contributed by atoms with Crippen LogP contribution in [0, 0.1) is 5.92 Å². The maximum absolute atomic E-state index is 12.1. The van der Waals surface area contributed by atoms with Gasteiger partial charge in [0.05, 0.1) is 11.4 Å². The van der Waals surface area contributed by atoms with Gasteiger partial charge in [-0.2, -0.15) is 4.68 Å². The molecule has 0 unspecified atom stereocenters. The quantitative estimate of drug-likeness (QED) is 0.429. The van der Waals surface area contributed by atoms with Crippen LogP contribution in [0.3, 0.4) is 0 Å². The Labute approximate surface area is 166 Å². The van der Waals surface area contributed by atoms with Crippen molar-refractivity contribution in [3.05, 3.63) is 29.8 Å². The van der Waals surface area contributed by atoms with Crippen molar-refractivity contribution >= 4 is 29.4 Å². The molecule has 3 rings (SSSR count). The first-order valence-electron chi connectivity index (χ1n) is 9.16. The van der Waals surface area contributed by atoms with Crippen molar-refractivity contribution in [1.29, 1.82) is 0 Å². The molecule has 1 aromatic heterocycles. The first-order chi connectivity index (χ1) is 13.5. The number of hydrazine groups is 1. The van der Waals surface area contributed by atoms with Gasteiger partial charge in [0, 0.05) is 11.5 Å². The zero-order valence-electron chi connectivity index (χ0n) is 15.6. The predicted octanol–water partition coefficient (Wildman–Crippen LogP) is 1.68. The molecule has 1 heterocycles. The number of nitrogens with one attached hydrogen (secondary N) is 2. The van der Waals surface area contributed by atoms with Gasteiger partial charge >= 0.3 is 0 Å². The highest BCUT2D eigenvalue weighted by Crippen LogP contribution is 2.23. The maximum Gasteiger partial charge on any atom is 0.248 e. The molecule has 0 radical (unpaired) electrons. The molecule has 10 heteroatoms. The molecule has 1 aliphatic carbocycles. The number of benzene rings is 1. The van der Waals surface area contributed by atoms with Crippen LogP contribution in [0.15, 0.2) is 29.4 Å². The van der Waals surface area contributed by atoms with E-state index >= 15 is 0 Å². The lowest BCUT2D eigenvalue weighted by molar-refractivity contribution is -0.131. The minimum atomic E-state index is -0.337. The Morgan fingerprint density at radius 2 is 1.82 bits per heavy atom. The normalized spacial score (nSPS) is 14.5. The Balaban J connectivity index is 1.51. The molecule has 2 amide bonds. The zero-order valence-corrected chi connectivity index (χ0v) is 16.4.